The summed E-state index contributed by atoms with van der Waals surface area (Å²) in [5.74, 6) is 1.43. The fraction of sp³-hybridized carbons (Fsp3) is 0.400. The molecular formula is C25H29ClN2O2. The summed E-state index contributed by atoms with van der Waals surface area (Å²) in [7, 11) is 1.69. The van der Waals surface area contributed by atoms with Crippen LogP contribution in [0.4, 0.5) is 0 Å². The average Bonchev–Trinajstić information content (AvgIpc) is 3.32. The molecule has 1 heterocycles. The minimum absolute atomic E-state index is 0.196. The molecule has 30 heavy (non-hydrogen) atoms. The van der Waals surface area contributed by atoms with Gasteiger partial charge in [0.05, 0.1) is 24.6 Å². The average molecular weight is 425 g/mol. The highest BCUT2D eigenvalue weighted by atomic mass is 35.5. The quantitative estimate of drug-likeness (QED) is 0.437. The van der Waals surface area contributed by atoms with Crippen molar-refractivity contribution in [2.24, 2.45) is 5.92 Å². The smallest absolute Gasteiger partial charge is 0.144 e. The number of hydrogen-bond acceptors (Lipinski definition) is 3. The van der Waals surface area contributed by atoms with Crippen molar-refractivity contribution in [3.8, 4) is 22.7 Å². The van der Waals surface area contributed by atoms with Crippen LogP contribution in [0.3, 0.4) is 0 Å². The number of methoxy groups -OCH3 is 1. The zero-order chi connectivity index (χ0) is 21.1. The number of fused-ring (bicyclic) bond motifs is 1. The van der Waals surface area contributed by atoms with E-state index >= 15 is 0 Å². The molecule has 1 aliphatic carbocycles. The Bertz CT molecular complexity index is 993. The summed E-state index contributed by atoms with van der Waals surface area (Å²) >= 11 is 6.15. The summed E-state index contributed by atoms with van der Waals surface area (Å²) in [5.41, 5.74) is 5.51. The van der Waals surface area contributed by atoms with E-state index in [4.69, 9.17) is 26.2 Å². The highest BCUT2D eigenvalue weighted by Crippen LogP contribution is 2.37. The van der Waals surface area contributed by atoms with Gasteiger partial charge in [0.1, 0.15) is 11.4 Å². The van der Waals surface area contributed by atoms with Crippen LogP contribution >= 0.6 is 11.6 Å². The maximum atomic E-state index is 6.29. The van der Waals surface area contributed by atoms with Gasteiger partial charge in [-0.2, -0.15) is 5.10 Å². The van der Waals surface area contributed by atoms with E-state index in [9.17, 15) is 0 Å². The van der Waals surface area contributed by atoms with E-state index in [1.54, 1.807) is 7.11 Å². The molecule has 0 fully saturated rings. The molecule has 4 rings (SSSR count). The molecule has 158 valence electrons. The van der Waals surface area contributed by atoms with E-state index < -0.39 is 0 Å². The summed E-state index contributed by atoms with van der Waals surface area (Å²) < 4.78 is 13.9. The molecule has 0 radical (unpaired) electrons. The fourth-order valence-electron chi connectivity index (χ4n) is 4.19. The normalized spacial score (nSPS) is 15.6. The van der Waals surface area contributed by atoms with E-state index in [2.05, 4.69) is 26.0 Å². The van der Waals surface area contributed by atoms with Gasteiger partial charge in [-0.05, 0) is 30.2 Å². The molecule has 0 spiro atoms. The fourth-order valence-corrected chi connectivity index (χ4v) is 4.31. The molecule has 5 heteroatoms. The molecule has 4 nitrogen and oxygen atoms in total. The maximum absolute atomic E-state index is 6.29. The molecule has 0 saturated heterocycles. The first-order valence-corrected chi connectivity index (χ1v) is 11.1. The van der Waals surface area contributed by atoms with Gasteiger partial charge in [-0.3, -0.25) is 0 Å². The van der Waals surface area contributed by atoms with E-state index in [1.165, 1.54) is 5.56 Å². The number of aromatic nitrogens is 2. The number of para-hydroxylation sites is 2. The molecule has 0 amide bonds. The summed E-state index contributed by atoms with van der Waals surface area (Å²) in [6, 6.07) is 16.0. The molecule has 0 unspecified atom stereocenters. The number of benzene rings is 2. The predicted molar refractivity (Wildman–Crippen MR) is 122 cm³/mol. The first-order chi connectivity index (χ1) is 14.6. The van der Waals surface area contributed by atoms with Crippen molar-refractivity contribution < 1.29 is 9.47 Å². The molecule has 0 saturated carbocycles. The third-order valence-corrected chi connectivity index (χ3v) is 6.32. The number of halogens is 1. The van der Waals surface area contributed by atoms with Gasteiger partial charge in [0.25, 0.3) is 0 Å². The Morgan fingerprint density at radius 1 is 1.07 bits per heavy atom. The van der Waals surface area contributed by atoms with Gasteiger partial charge in [0.2, 0.25) is 0 Å². The zero-order valence-electron chi connectivity index (χ0n) is 17.9. The standard InChI is InChI=1S/C25H29ClN2O2/c1-4-17(5-2)16-30-20-14-21-22(15-20)27-28(23-8-6-7-9-24(23)29-3)25(21)18-10-12-19(26)13-11-18/h6-13,17,20H,4-5,14-16H2,1-3H3/t20-/m0/s1. The molecule has 1 aliphatic rings. The summed E-state index contributed by atoms with van der Waals surface area (Å²) in [4.78, 5) is 0. The Balaban J connectivity index is 1.71. The van der Waals surface area contributed by atoms with Crippen LogP contribution in [0.2, 0.25) is 5.02 Å². The summed E-state index contributed by atoms with van der Waals surface area (Å²) in [6.07, 6.45) is 4.23. The molecule has 2 aromatic carbocycles. The van der Waals surface area contributed by atoms with Crippen LogP contribution in [0.1, 0.15) is 37.9 Å². The van der Waals surface area contributed by atoms with Crippen LogP contribution in [-0.2, 0) is 17.6 Å². The molecule has 1 aromatic heterocycles. The minimum Gasteiger partial charge on any atom is -0.494 e. The van der Waals surface area contributed by atoms with Crippen molar-refractivity contribution in [2.75, 3.05) is 13.7 Å². The first-order valence-electron chi connectivity index (χ1n) is 10.8. The highest BCUT2D eigenvalue weighted by Gasteiger charge is 2.31. The summed E-state index contributed by atoms with van der Waals surface area (Å²) in [6.45, 7) is 5.29. The lowest BCUT2D eigenvalue weighted by atomic mass is 10.0. The molecule has 1 atom stereocenters. The number of nitrogens with zero attached hydrogens (tertiary/aromatic N) is 2. The van der Waals surface area contributed by atoms with Crippen molar-refractivity contribution in [1.29, 1.82) is 0 Å². The van der Waals surface area contributed by atoms with E-state index in [0.29, 0.717) is 5.92 Å². The number of hydrogen-bond donors (Lipinski definition) is 0. The van der Waals surface area contributed by atoms with Crippen LogP contribution < -0.4 is 4.74 Å². The lowest BCUT2D eigenvalue weighted by molar-refractivity contribution is 0.0332. The van der Waals surface area contributed by atoms with Gasteiger partial charge in [-0.15, -0.1) is 0 Å². The Morgan fingerprint density at radius 2 is 1.80 bits per heavy atom. The van der Waals surface area contributed by atoms with Crippen molar-refractivity contribution in [1.82, 2.24) is 9.78 Å². The Labute approximate surface area is 183 Å². The molecular weight excluding hydrogens is 396 g/mol. The Hall–Kier alpha value is -2.30. The minimum atomic E-state index is 0.196. The second-order valence-corrected chi connectivity index (χ2v) is 8.35. The second-order valence-electron chi connectivity index (χ2n) is 7.91. The maximum Gasteiger partial charge on any atom is 0.144 e. The van der Waals surface area contributed by atoms with Gasteiger partial charge in [0, 0.05) is 35.6 Å². The number of ether oxygens (including phenoxy) is 2. The Morgan fingerprint density at radius 3 is 2.50 bits per heavy atom. The van der Waals surface area contributed by atoms with E-state index in [0.717, 1.165) is 65.7 Å². The van der Waals surface area contributed by atoms with E-state index in [1.807, 2.05) is 41.1 Å². The van der Waals surface area contributed by atoms with Gasteiger partial charge < -0.3 is 9.47 Å². The van der Waals surface area contributed by atoms with Crippen molar-refractivity contribution in [2.45, 2.75) is 45.6 Å². The van der Waals surface area contributed by atoms with Gasteiger partial charge in [0.15, 0.2) is 0 Å². The van der Waals surface area contributed by atoms with Crippen LogP contribution in [0.5, 0.6) is 5.75 Å². The van der Waals surface area contributed by atoms with Crippen molar-refractivity contribution >= 4 is 11.6 Å². The van der Waals surface area contributed by atoms with Gasteiger partial charge in [-0.25, -0.2) is 4.68 Å². The SMILES string of the molecule is CCC(CC)CO[C@@H]1Cc2nn(-c3ccccc3OC)c(-c3ccc(Cl)cc3)c2C1. The predicted octanol–water partition coefficient (Wildman–Crippen LogP) is 6.12. The first kappa shape index (κ1) is 21.0. The molecule has 3 aromatic rings. The van der Waals surface area contributed by atoms with Crippen molar-refractivity contribution in [3.63, 3.8) is 0 Å². The molecule has 0 bridgehead atoms. The van der Waals surface area contributed by atoms with Gasteiger partial charge >= 0.3 is 0 Å². The Kier molecular flexibility index (Phi) is 6.45. The lowest BCUT2D eigenvalue weighted by Crippen LogP contribution is -2.19. The highest BCUT2D eigenvalue weighted by molar-refractivity contribution is 6.30. The van der Waals surface area contributed by atoms with Crippen LogP contribution in [0.15, 0.2) is 48.5 Å². The monoisotopic (exact) mass is 424 g/mol. The van der Waals surface area contributed by atoms with Crippen LogP contribution in [0.25, 0.3) is 16.9 Å². The van der Waals surface area contributed by atoms with Crippen LogP contribution in [0, 0.1) is 5.92 Å². The van der Waals surface area contributed by atoms with Crippen LogP contribution in [-0.4, -0.2) is 29.6 Å². The number of rotatable bonds is 8. The van der Waals surface area contributed by atoms with Crippen molar-refractivity contribution in [3.05, 3.63) is 64.8 Å². The second kappa shape index (κ2) is 9.23. The van der Waals surface area contributed by atoms with E-state index in [-0.39, 0.29) is 6.10 Å². The van der Waals surface area contributed by atoms with Gasteiger partial charge in [-0.1, -0.05) is 62.6 Å². The third-order valence-electron chi connectivity index (χ3n) is 6.07. The summed E-state index contributed by atoms with van der Waals surface area (Å²) in [5, 5.41) is 5.74. The third kappa shape index (κ3) is 4.12. The largest absolute Gasteiger partial charge is 0.494 e. The zero-order valence-corrected chi connectivity index (χ0v) is 18.7. The molecule has 0 N–H and O–H groups in total. The lowest BCUT2D eigenvalue weighted by Gasteiger charge is -2.18. The topological polar surface area (TPSA) is 36.3 Å². The molecule has 0 aliphatic heterocycles.